The summed E-state index contributed by atoms with van der Waals surface area (Å²) in [4.78, 5) is 14.8. The minimum absolute atomic E-state index is 0.102. The van der Waals surface area contributed by atoms with Gasteiger partial charge in [-0.05, 0) is 30.7 Å². The zero-order chi connectivity index (χ0) is 21.6. The molecular weight excluding hydrogens is 450 g/mol. The zero-order valence-electron chi connectivity index (χ0n) is 17.3. The summed E-state index contributed by atoms with van der Waals surface area (Å²) < 4.78 is 2.02. The summed E-state index contributed by atoms with van der Waals surface area (Å²) in [5.74, 6) is 3.19. The lowest BCUT2D eigenvalue weighted by atomic mass is 10.2. The summed E-state index contributed by atoms with van der Waals surface area (Å²) in [5.41, 5.74) is 2.89. The number of hydrogen-bond acceptors (Lipinski definition) is 6. The number of aryl methyl sites for hydroxylation is 1. The van der Waals surface area contributed by atoms with Crippen molar-refractivity contribution in [2.24, 2.45) is 0 Å². The van der Waals surface area contributed by atoms with Crippen molar-refractivity contribution in [1.82, 2.24) is 14.8 Å². The van der Waals surface area contributed by atoms with E-state index in [9.17, 15) is 4.79 Å². The molecule has 0 bridgehead atoms. The van der Waals surface area contributed by atoms with Crippen molar-refractivity contribution in [3.63, 3.8) is 0 Å². The van der Waals surface area contributed by atoms with Gasteiger partial charge in [0, 0.05) is 30.3 Å². The van der Waals surface area contributed by atoms with Crippen LogP contribution in [0.4, 0.5) is 11.4 Å². The first kappa shape index (κ1) is 22.0. The van der Waals surface area contributed by atoms with E-state index in [-0.39, 0.29) is 11.7 Å². The van der Waals surface area contributed by atoms with Crippen molar-refractivity contribution < 1.29 is 4.79 Å². The lowest BCUT2D eigenvalue weighted by Crippen LogP contribution is -2.32. The Morgan fingerprint density at radius 2 is 1.94 bits per heavy atom. The highest BCUT2D eigenvalue weighted by atomic mass is 35.5. The van der Waals surface area contributed by atoms with Crippen LogP contribution < -0.4 is 10.2 Å². The van der Waals surface area contributed by atoms with Gasteiger partial charge in [-0.1, -0.05) is 53.7 Å². The summed E-state index contributed by atoms with van der Waals surface area (Å²) in [6.07, 6.45) is 0. The minimum Gasteiger partial charge on any atom is -0.369 e. The molecule has 1 amide bonds. The number of anilines is 2. The first-order valence-electron chi connectivity index (χ1n) is 10.1. The van der Waals surface area contributed by atoms with Crippen LogP contribution in [0.2, 0.25) is 5.02 Å². The quantitative estimate of drug-likeness (QED) is 0.507. The molecule has 2 heterocycles. The maximum Gasteiger partial charge on any atom is 0.234 e. The molecule has 1 aromatic heterocycles. The molecule has 0 radical (unpaired) electrons. The van der Waals surface area contributed by atoms with E-state index in [1.54, 1.807) is 0 Å². The van der Waals surface area contributed by atoms with E-state index < -0.39 is 0 Å². The molecule has 1 saturated heterocycles. The van der Waals surface area contributed by atoms with Crippen LogP contribution in [0.3, 0.4) is 0 Å². The number of halogens is 1. The van der Waals surface area contributed by atoms with Gasteiger partial charge < -0.3 is 14.8 Å². The number of benzene rings is 2. The number of amides is 1. The summed E-state index contributed by atoms with van der Waals surface area (Å²) in [6, 6.07) is 15.9. The van der Waals surface area contributed by atoms with Gasteiger partial charge in [0.15, 0.2) is 5.16 Å². The maximum atomic E-state index is 12.5. The number of carbonyl (C=O) groups is 1. The average molecular weight is 474 g/mol. The molecule has 0 aliphatic carbocycles. The molecule has 4 rings (SSSR count). The van der Waals surface area contributed by atoms with Gasteiger partial charge in [-0.25, -0.2) is 0 Å². The predicted molar refractivity (Wildman–Crippen MR) is 131 cm³/mol. The topological polar surface area (TPSA) is 63.1 Å². The van der Waals surface area contributed by atoms with Crippen LogP contribution in [0.1, 0.15) is 11.4 Å². The second-order valence-corrected chi connectivity index (χ2v) is 9.78. The zero-order valence-corrected chi connectivity index (χ0v) is 19.6. The largest absolute Gasteiger partial charge is 0.369 e. The van der Waals surface area contributed by atoms with Crippen molar-refractivity contribution in [1.29, 1.82) is 0 Å². The van der Waals surface area contributed by atoms with Gasteiger partial charge in [-0.3, -0.25) is 4.79 Å². The third-order valence-electron chi connectivity index (χ3n) is 5.00. The molecule has 1 N–H and O–H groups in total. The van der Waals surface area contributed by atoms with Gasteiger partial charge in [0.05, 0.1) is 23.0 Å². The molecule has 9 heteroatoms. The summed E-state index contributed by atoms with van der Waals surface area (Å²) >= 11 is 9.83. The molecule has 1 aliphatic heterocycles. The molecule has 31 heavy (non-hydrogen) atoms. The van der Waals surface area contributed by atoms with E-state index in [0.717, 1.165) is 41.3 Å². The van der Waals surface area contributed by atoms with Crippen molar-refractivity contribution in [2.75, 3.05) is 40.6 Å². The molecule has 0 spiro atoms. The van der Waals surface area contributed by atoms with Crippen LogP contribution in [0.5, 0.6) is 0 Å². The molecule has 0 atom stereocenters. The lowest BCUT2D eigenvalue weighted by molar-refractivity contribution is -0.113. The standard InChI is InChI=1S/C22H24ClN5OS2/c1-16-25-26-22(28(16)14-17-5-3-2-4-6-17)31-15-21(29)24-18-7-8-20(19(23)13-18)27-9-11-30-12-10-27/h2-8,13H,9-12,14-15H2,1H3,(H,24,29). The second-order valence-electron chi connectivity index (χ2n) is 7.20. The van der Waals surface area contributed by atoms with E-state index in [1.165, 1.54) is 17.3 Å². The molecule has 1 aliphatic rings. The number of carbonyl (C=O) groups excluding carboxylic acids is 1. The first-order chi connectivity index (χ1) is 15.1. The molecule has 2 aromatic carbocycles. The Kier molecular flexibility index (Phi) is 7.42. The molecule has 6 nitrogen and oxygen atoms in total. The van der Waals surface area contributed by atoms with Crippen LogP contribution in [0.25, 0.3) is 0 Å². The monoisotopic (exact) mass is 473 g/mol. The first-order valence-corrected chi connectivity index (χ1v) is 12.6. The van der Waals surface area contributed by atoms with Crippen LogP contribution in [0.15, 0.2) is 53.7 Å². The van der Waals surface area contributed by atoms with Crippen LogP contribution in [-0.4, -0.2) is 51.0 Å². The van der Waals surface area contributed by atoms with Gasteiger partial charge in [0.1, 0.15) is 5.82 Å². The Morgan fingerprint density at radius 1 is 1.16 bits per heavy atom. The van der Waals surface area contributed by atoms with Gasteiger partial charge in [-0.15, -0.1) is 10.2 Å². The molecule has 0 saturated carbocycles. The average Bonchev–Trinajstić information content (AvgIpc) is 3.13. The summed E-state index contributed by atoms with van der Waals surface area (Å²) in [6.45, 7) is 4.59. The highest BCUT2D eigenvalue weighted by Crippen LogP contribution is 2.30. The van der Waals surface area contributed by atoms with Crippen LogP contribution >= 0.6 is 35.1 Å². The molecule has 1 fully saturated rings. The Balaban J connectivity index is 1.35. The van der Waals surface area contributed by atoms with Crippen molar-refractivity contribution in [3.05, 3.63) is 64.9 Å². The second kappa shape index (κ2) is 10.4. The number of hydrogen-bond donors (Lipinski definition) is 1. The van der Waals surface area contributed by atoms with Crippen molar-refractivity contribution in [3.8, 4) is 0 Å². The van der Waals surface area contributed by atoms with Gasteiger partial charge in [-0.2, -0.15) is 11.8 Å². The number of rotatable bonds is 7. The fraction of sp³-hybridized carbons (Fsp3) is 0.318. The van der Waals surface area contributed by atoms with Crippen LogP contribution in [-0.2, 0) is 11.3 Å². The third kappa shape index (κ3) is 5.75. The fourth-order valence-electron chi connectivity index (χ4n) is 3.39. The fourth-order valence-corrected chi connectivity index (χ4v) is 5.38. The third-order valence-corrected chi connectivity index (χ3v) is 7.21. The predicted octanol–water partition coefficient (Wildman–Crippen LogP) is 4.57. The van der Waals surface area contributed by atoms with E-state index in [0.29, 0.717) is 17.3 Å². The molecule has 3 aromatic rings. The molecule has 162 valence electrons. The Morgan fingerprint density at radius 3 is 2.68 bits per heavy atom. The smallest absolute Gasteiger partial charge is 0.234 e. The number of thioether (sulfide) groups is 2. The van der Waals surface area contributed by atoms with E-state index in [4.69, 9.17) is 11.6 Å². The Bertz CT molecular complexity index is 1040. The van der Waals surface area contributed by atoms with E-state index in [2.05, 4.69) is 32.5 Å². The van der Waals surface area contributed by atoms with Gasteiger partial charge in [0.2, 0.25) is 5.91 Å². The van der Waals surface area contributed by atoms with E-state index in [1.807, 2.05) is 59.7 Å². The summed E-state index contributed by atoms with van der Waals surface area (Å²) in [7, 11) is 0. The Hall–Kier alpha value is -2.16. The molecular formula is C22H24ClN5OS2. The van der Waals surface area contributed by atoms with Gasteiger partial charge >= 0.3 is 0 Å². The summed E-state index contributed by atoms with van der Waals surface area (Å²) in [5, 5.41) is 12.7. The normalized spacial score (nSPS) is 13.9. The van der Waals surface area contributed by atoms with E-state index >= 15 is 0 Å². The number of nitrogens with one attached hydrogen (secondary N) is 1. The maximum absolute atomic E-state index is 12.5. The molecule has 0 unspecified atom stereocenters. The SMILES string of the molecule is Cc1nnc(SCC(=O)Nc2ccc(N3CCSCC3)c(Cl)c2)n1Cc1ccccc1. The number of aromatic nitrogens is 3. The number of nitrogens with zero attached hydrogens (tertiary/aromatic N) is 4. The lowest BCUT2D eigenvalue weighted by Gasteiger charge is -2.29. The highest BCUT2D eigenvalue weighted by molar-refractivity contribution is 7.99. The highest BCUT2D eigenvalue weighted by Gasteiger charge is 2.16. The Labute approximate surface area is 195 Å². The van der Waals surface area contributed by atoms with Gasteiger partial charge in [0.25, 0.3) is 0 Å². The van der Waals surface area contributed by atoms with Crippen LogP contribution in [0, 0.1) is 6.92 Å². The minimum atomic E-state index is -0.102. The van der Waals surface area contributed by atoms with Crippen molar-refractivity contribution >= 4 is 52.4 Å². The van der Waals surface area contributed by atoms with Crippen molar-refractivity contribution in [2.45, 2.75) is 18.6 Å².